The molecule has 0 saturated heterocycles. The number of rotatable bonds is 4. The topological polar surface area (TPSA) is 68.0 Å². The van der Waals surface area contributed by atoms with Gasteiger partial charge in [-0.3, -0.25) is 9.78 Å². The molecule has 0 spiro atoms. The lowest BCUT2D eigenvalue weighted by Crippen LogP contribution is -2.36. The number of aryl methyl sites for hydroxylation is 1. The van der Waals surface area contributed by atoms with Crippen LogP contribution in [0.5, 0.6) is 0 Å². The molecule has 1 saturated carbocycles. The van der Waals surface area contributed by atoms with Crippen LogP contribution in [0.15, 0.2) is 18.3 Å². The summed E-state index contributed by atoms with van der Waals surface area (Å²) in [6, 6.07) is 3.88. The zero-order valence-electron chi connectivity index (χ0n) is 9.49. The number of nitrogens with one attached hydrogen (secondary N) is 1. The average molecular weight is 219 g/mol. The third kappa shape index (κ3) is 2.07. The fraction of sp³-hybridized carbons (Fsp3) is 0.500. The maximum Gasteiger partial charge on any atom is 0.227 e. The molecule has 4 heteroatoms. The Kier molecular flexibility index (Phi) is 2.92. The quantitative estimate of drug-likeness (QED) is 0.785. The van der Waals surface area contributed by atoms with Gasteiger partial charge in [-0.1, -0.05) is 6.07 Å². The second-order valence-corrected chi connectivity index (χ2v) is 4.43. The zero-order valence-corrected chi connectivity index (χ0v) is 9.49. The predicted molar refractivity (Wildman–Crippen MR) is 61.5 cm³/mol. The summed E-state index contributed by atoms with van der Waals surface area (Å²) < 4.78 is 0. The Labute approximate surface area is 95.3 Å². The van der Waals surface area contributed by atoms with Gasteiger partial charge >= 0.3 is 0 Å². The lowest BCUT2D eigenvalue weighted by molar-refractivity contribution is -0.126. The maximum atomic E-state index is 11.8. The van der Waals surface area contributed by atoms with E-state index in [1.807, 2.05) is 19.1 Å². The van der Waals surface area contributed by atoms with Gasteiger partial charge < -0.3 is 11.1 Å². The van der Waals surface area contributed by atoms with E-state index in [9.17, 15) is 4.79 Å². The van der Waals surface area contributed by atoms with Crippen molar-refractivity contribution in [1.29, 1.82) is 0 Å². The van der Waals surface area contributed by atoms with Crippen LogP contribution in [-0.4, -0.2) is 17.4 Å². The number of nitrogens with two attached hydrogens (primary N) is 1. The summed E-state index contributed by atoms with van der Waals surface area (Å²) in [7, 11) is 0. The number of hydrogen-bond donors (Lipinski definition) is 2. The number of pyridine rings is 1. The van der Waals surface area contributed by atoms with Crippen molar-refractivity contribution in [2.24, 2.45) is 11.1 Å². The molecule has 0 atom stereocenters. The molecule has 0 radical (unpaired) electrons. The highest BCUT2D eigenvalue weighted by Crippen LogP contribution is 2.44. The van der Waals surface area contributed by atoms with Gasteiger partial charge in [0.1, 0.15) is 0 Å². The summed E-state index contributed by atoms with van der Waals surface area (Å²) in [6.45, 7) is 2.93. The summed E-state index contributed by atoms with van der Waals surface area (Å²) in [5, 5.41) is 2.91. The molecule has 1 aliphatic rings. The Morgan fingerprint density at radius 2 is 2.38 bits per heavy atom. The Hall–Kier alpha value is -1.42. The van der Waals surface area contributed by atoms with E-state index in [2.05, 4.69) is 10.3 Å². The SMILES string of the molecule is Cc1cccnc1CNC(=O)C1(CN)CC1. The van der Waals surface area contributed by atoms with Crippen LogP contribution < -0.4 is 11.1 Å². The zero-order chi connectivity index (χ0) is 11.6. The molecule has 0 aromatic carbocycles. The molecular weight excluding hydrogens is 202 g/mol. The minimum atomic E-state index is -0.275. The van der Waals surface area contributed by atoms with Crippen LogP contribution >= 0.6 is 0 Å². The molecule has 4 nitrogen and oxygen atoms in total. The van der Waals surface area contributed by atoms with Gasteiger partial charge in [-0.05, 0) is 31.4 Å². The Bertz CT molecular complexity index is 399. The first-order valence-corrected chi connectivity index (χ1v) is 5.57. The second-order valence-electron chi connectivity index (χ2n) is 4.43. The highest BCUT2D eigenvalue weighted by atomic mass is 16.2. The number of amides is 1. The first kappa shape index (κ1) is 11.1. The monoisotopic (exact) mass is 219 g/mol. The number of hydrogen-bond acceptors (Lipinski definition) is 3. The Balaban J connectivity index is 1.93. The van der Waals surface area contributed by atoms with Gasteiger partial charge in [-0.25, -0.2) is 0 Å². The fourth-order valence-corrected chi connectivity index (χ4v) is 1.73. The van der Waals surface area contributed by atoms with Crippen molar-refractivity contribution in [1.82, 2.24) is 10.3 Å². The number of aromatic nitrogens is 1. The van der Waals surface area contributed by atoms with E-state index in [-0.39, 0.29) is 11.3 Å². The molecule has 0 unspecified atom stereocenters. The van der Waals surface area contributed by atoms with Gasteiger partial charge in [0.2, 0.25) is 5.91 Å². The fourth-order valence-electron chi connectivity index (χ4n) is 1.73. The minimum Gasteiger partial charge on any atom is -0.350 e. The lowest BCUT2D eigenvalue weighted by atomic mass is 10.1. The van der Waals surface area contributed by atoms with Crippen molar-refractivity contribution in [2.45, 2.75) is 26.3 Å². The molecule has 16 heavy (non-hydrogen) atoms. The molecule has 0 aliphatic heterocycles. The summed E-state index contributed by atoms with van der Waals surface area (Å²) in [6.07, 6.45) is 3.57. The van der Waals surface area contributed by atoms with Crippen LogP contribution in [0.25, 0.3) is 0 Å². The van der Waals surface area contributed by atoms with Crippen LogP contribution in [0.4, 0.5) is 0 Å². The minimum absolute atomic E-state index is 0.0695. The van der Waals surface area contributed by atoms with Gasteiger partial charge in [0.15, 0.2) is 0 Å². The maximum absolute atomic E-state index is 11.8. The summed E-state index contributed by atoms with van der Waals surface area (Å²) in [5.41, 5.74) is 7.33. The number of nitrogens with zero attached hydrogens (tertiary/aromatic N) is 1. The van der Waals surface area contributed by atoms with Crippen molar-refractivity contribution in [2.75, 3.05) is 6.54 Å². The molecule has 2 rings (SSSR count). The highest BCUT2D eigenvalue weighted by Gasteiger charge is 2.48. The average Bonchev–Trinajstić information content (AvgIpc) is 3.08. The van der Waals surface area contributed by atoms with Crippen LogP contribution in [0, 0.1) is 12.3 Å². The largest absolute Gasteiger partial charge is 0.350 e. The van der Waals surface area contributed by atoms with Crippen molar-refractivity contribution in [3.05, 3.63) is 29.6 Å². The molecule has 1 aliphatic carbocycles. The summed E-state index contributed by atoms with van der Waals surface area (Å²) >= 11 is 0. The van der Waals surface area contributed by atoms with E-state index in [1.165, 1.54) is 0 Å². The first-order valence-electron chi connectivity index (χ1n) is 5.57. The van der Waals surface area contributed by atoms with Crippen LogP contribution in [-0.2, 0) is 11.3 Å². The molecule has 86 valence electrons. The van der Waals surface area contributed by atoms with Crippen LogP contribution in [0.2, 0.25) is 0 Å². The lowest BCUT2D eigenvalue weighted by Gasteiger charge is -2.13. The van der Waals surface area contributed by atoms with E-state index in [0.717, 1.165) is 24.1 Å². The van der Waals surface area contributed by atoms with Crippen molar-refractivity contribution < 1.29 is 4.79 Å². The van der Waals surface area contributed by atoms with Crippen molar-refractivity contribution in [3.8, 4) is 0 Å². The summed E-state index contributed by atoms with van der Waals surface area (Å²) in [4.78, 5) is 16.1. The van der Waals surface area contributed by atoms with Gasteiger partial charge in [0, 0.05) is 12.7 Å². The van der Waals surface area contributed by atoms with E-state index in [1.54, 1.807) is 6.20 Å². The summed E-state index contributed by atoms with van der Waals surface area (Å²) in [5.74, 6) is 0.0695. The Morgan fingerprint density at radius 1 is 1.62 bits per heavy atom. The third-order valence-electron chi connectivity index (χ3n) is 3.26. The van der Waals surface area contributed by atoms with E-state index in [4.69, 9.17) is 5.73 Å². The predicted octanol–water partition coefficient (Wildman–Crippen LogP) is 0.745. The van der Waals surface area contributed by atoms with Gasteiger partial charge in [-0.2, -0.15) is 0 Å². The molecular formula is C12H17N3O. The van der Waals surface area contributed by atoms with E-state index in [0.29, 0.717) is 13.1 Å². The van der Waals surface area contributed by atoms with Crippen molar-refractivity contribution in [3.63, 3.8) is 0 Å². The molecule has 1 heterocycles. The smallest absolute Gasteiger partial charge is 0.227 e. The first-order chi connectivity index (χ1) is 7.68. The molecule has 1 aromatic rings. The number of carbonyl (C=O) groups is 1. The van der Waals surface area contributed by atoms with E-state index >= 15 is 0 Å². The molecule has 1 aromatic heterocycles. The standard InChI is InChI=1S/C12H17N3O/c1-9-3-2-6-14-10(9)7-15-11(16)12(8-13)4-5-12/h2-3,6H,4-5,7-8,13H2,1H3,(H,15,16). The van der Waals surface area contributed by atoms with Gasteiger partial charge in [0.25, 0.3) is 0 Å². The molecule has 0 bridgehead atoms. The van der Waals surface area contributed by atoms with Crippen LogP contribution in [0.3, 0.4) is 0 Å². The second kappa shape index (κ2) is 4.22. The molecule has 3 N–H and O–H groups in total. The normalized spacial score (nSPS) is 16.9. The van der Waals surface area contributed by atoms with Crippen molar-refractivity contribution >= 4 is 5.91 Å². The number of carbonyl (C=O) groups excluding carboxylic acids is 1. The highest BCUT2D eigenvalue weighted by molar-refractivity contribution is 5.85. The van der Waals surface area contributed by atoms with Gasteiger partial charge in [-0.15, -0.1) is 0 Å². The Morgan fingerprint density at radius 3 is 2.94 bits per heavy atom. The molecule has 1 fully saturated rings. The van der Waals surface area contributed by atoms with Crippen LogP contribution in [0.1, 0.15) is 24.1 Å². The van der Waals surface area contributed by atoms with Gasteiger partial charge in [0.05, 0.1) is 17.7 Å². The van der Waals surface area contributed by atoms with E-state index < -0.39 is 0 Å². The third-order valence-corrected chi connectivity index (χ3v) is 3.26. The molecule has 1 amide bonds.